The van der Waals surface area contributed by atoms with Gasteiger partial charge in [-0.3, -0.25) is 9.35 Å². The van der Waals surface area contributed by atoms with Crippen molar-refractivity contribution >= 4 is 55.3 Å². The Hall–Kier alpha value is 1.17. The predicted octanol–water partition coefficient (Wildman–Crippen LogP) is -0.953. The fraction of sp³-hybridized carbons (Fsp3) is 0.800. The van der Waals surface area contributed by atoms with Crippen LogP contribution in [0, 0.1) is 0 Å². The average molecular weight is 370 g/mol. The number of unbranched alkanes of at least 4 members (excludes halogenated alkanes) is 1. The molecule has 0 aliphatic heterocycles. The minimum Gasteiger partial charge on any atom is -1.00 e. The molecule has 20 heavy (non-hydrogen) atoms. The molecule has 0 aromatic heterocycles. The van der Waals surface area contributed by atoms with Gasteiger partial charge in [0.15, 0.2) is 0 Å². The number of amides is 1. The Balaban J connectivity index is -0.00000162. The molecule has 2 N–H and O–H groups in total. The third kappa shape index (κ3) is 14.1. The first-order chi connectivity index (χ1) is 8.76. The number of thioether (sulfide) groups is 2. The molecule has 1 amide bonds. The van der Waals surface area contributed by atoms with Gasteiger partial charge in [-0.25, -0.2) is 0 Å². The first-order valence-corrected chi connectivity index (χ1v) is 9.70. The summed E-state index contributed by atoms with van der Waals surface area (Å²) >= 11 is 7.98. The number of thiocarbonyl (C=S) groups is 1. The van der Waals surface area contributed by atoms with Crippen LogP contribution < -0.4 is 34.9 Å². The molecule has 0 aliphatic rings. The molecule has 1 atom stereocenters. The fourth-order valence-electron chi connectivity index (χ4n) is 0.979. The Morgan fingerprint density at radius 1 is 1.50 bits per heavy atom. The van der Waals surface area contributed by atoms with Crippen LogP contribution in [-0.2, 0) is 14.9 Å². The molecular formula is C10H20NNaO4S4. The summed E-state index contributed by atoms with van der Waals surface area (Å²) in [5.41, 5.74) is 0. The summed E-state index contributed by atoms with van der Waals surface area (Å²) in [6.45, 7) is 3.71. The Labute approximate surface area is 158 Å². The molecule has 0 saturated carbocycles. The van der Waals surface area contributed by atoms with Gasteiger partial charge in [-0.2, -0.15) is 8.42 Å². The van der Waals surface area contributed by atoms with Crippen molar-refractivity contribution in [1.82, 2.24) is 5.32 Å². The molecular weight excluding hydrogens is 349 g/mol. The zero-order chi connectivity index (χ0) is 14.9. The topological polar surface area (TPSA) is 83.5 Å². The van der Waals surface area contributed by atoms with E-state index in [1.54, 1.807) is 18.7 Å². The van der Waals surface area contributed by atoms with E-state index >= 15 is 0 Å². The van der Waals surface area contributed by atoms with E-state index in [2.05, 4.69) is 12.2 Å². The van der Waals surface area contributed by atoms with Gasteiger partial charge in [0.2, 0.25) is 5.91 Å². The van der Waals surface area contributed by atoms with Crippen molar-refractivity contribution in [3.63, 3.8) is 0 Å². The minimum absolute atomic E-state index is 0. The van der Waals surface area contributed by atoms with Gasteiger partial charge in [0.05, 0.1) is 11.0 Å². The molecule has 0 heterocycles. The molecule has 0 rings (SSSR count). The smallest absolute Gasteiger partial charge is 1.00 e. The maximum Gasteiger partial charge on any atom is 1.00 e. The second-order valence-electron chi connectivity index (χ2n) is 3.79. The molecule has 5 nitrogen and oxygen atoms in total. The van der Waals surface area contributed by atoms with Crippen LogP contribution >= 0.6 is 35.7 Å². The number of nitrogens with one attached hydrogen (secondary N) is 1. The van der Waals surface area contributed by atoms with E-state index in [1.807, 2.05) is 0 Å². The molecule has 0 spiro atoms. The summed E-state index contributed by atoms with van der Waals surface area (Å²) in [4.78, 5) is 11.6. The SMILES string of the molecule is CCCCSC(=S)SC(C)C(=O)NCCS(=O)(=O)O.[H-].[Na+]. The Morgan fingerprint density at radius 3 is 2.60 bits per heavy atom. The van der Waals surface area contributed by atoms with E-state index in [0.717, 1.165) is 18.6 Å². The van der Waals surface area contributed by atoms with Crippen molar-refractivity contribution in [2.45, 2.75) is 31.9 Å². The van der Waals surface area contributed by atoms with Crippen molar-refractivity contribution in [2.75, 3.05) is 18.1 Å². The maximum atomic E-state index is 11.6. The Bertz CT molecular complexity index is 408. The summed E-state index contributed by atoms with van der Waals surface area (Å²) in [5, 5.41) is 2.07. The number of hydrogen-bond acceptors (Lipinski definition) is 6. The molecule has 0 aromatic rings. The number of hydrogen-bond donors (Lipinski definition) is 2. The van der Waals surface area contributed by atoms with E-state index in [0.29, 0.717) is 3.53 Å². The van der Waals surface area contributed by atoms with Gasteiger partial charge in [0.25, 0.3) is 10.1 Å². The second-order valence-corrected chi connectivity index (χ2v) is 9.00. The molecule has 10 heteroatoms. The molecule has 0 fully saturated rings. The summed E-state index contributed by atoms with van der Waals surface area (Å²) in [7, 11) is -4.03. The first kappa shape index (κ1) is 23.4. The summed E-state index contributed by atoms with van der Waals surface area (Å²) in [6.07, 6.45) is 2.19. The molecule has 0 aromatic carbocycles. The fourth-order valence-corrected chi connectivity index (χ4v) is 4.06. The minimum atomic E-state index is -4.03. The average Bonchev–Trinajstić information content (AvgIpc) is 2.27. The van der Waals surface area contributed by atoms with Crippen LogP contribution in [0.3, 0.4) is 0 Å². The van der Waals surface area contributed by atoms with Gasteiger partial charge in [0, 0.05) is 6.54 Å². The van der Waals surface area contributed by atoms with Crippen LogP contribution in [-0.4, -0.2) is 45.7 Å². The van der Waals surface area contributed by atoms with Crippen molar-refractivity contribution in [3.8, 4) is 0 Å². The van der Waals surface area contributed by atoms with Crippen molar-refractivity contribution in [2.24, 2.45) is 0 Å². The number of rotatable bonds is 8. The maximum absolute atomic E-state index is 11.6. The second kappa shape index (κ2) is 12.7. The van der Waals surface area contributed by atoms with Crippen LogP contribution in [0.2, 0.25) is 0 Å². The Kier molecular flexibility index (Phi) is 14.9. The third-order valence-corrected chi connectivity index (χ3v) is 5.51. The summed E-state index contributed by atoms with van der Waals surface area (Å²) < 4.78 is 30.2. The number of carbonyl (C=O) groups excluding carboxylic acids is 1. The van der Waals surface area contributed by atoms with Crippen molar-refractivity contribution in [1.29, 1.82) is 0 Å². The van der Waals surface area contributed by atoms with E-state index < -0.39 is 15.9 Å². The van der Waals surface area contributed by atoms with Crippen LogP contribution in [0.4, 0.5) is 0 Å². The quantitative estimate of drug-likeness (QED) is 0.247. The van der Waals surface area contributed by atoms with Gasteiger partial charge in [-0.15, -0.1) is 11.8 Å². The van der Waals surface area contributed by atoms with Crippen LogP contribution in [0.5, 0.6) is 0 Å². The van der Waals surface area contributed by atoms with Gasteiger partial charge in [-0.05, 0) is 19.1 Å². The van der Waals surface area contributed by atoms with Gasteiger partial charge in [0.1, 0.15) is 3.53 Å². The normalized spacial score (nSPS) is 12.3. The zero-order valence-corrected chi connectivity index (χ0v) is 17.2. The van der Waals surface area contributed by atoms with Gasteiger partial charge in [-0.1, -0.05) is 37.3 Å². The Morgan fingerprint density at radius 2 is 2.10 bits per heavy atom. The van der Waals surface area contributed by atoms with E-state index in [-0.39, 0.29) is 48.7 Å². The standard InChI is InChI=1S/C10H19NO4S4.Na.H/c1-3-4-6-17-10(16)18-8(2)9(12)11-5-7-19(13,14)15;;/h8H,3-7H2,1-2H3,(H,11,12)(H,13,14,15);;/q;+1;-1. The summed E-state index contributed by atoms with van der Waals surface area (Å²) in [5.74, 6) is 0.178. The molecule has 0 radical (unpaired) electrons. The number of carbonyl (C=O) groups is 1. The zero-order valence-electron chi connectivity index (χ0n) is 12.9. The van der Waals surface area contributed by atoms with Crippen LogP contribution in [0.25, 0.3) is 0 Å². The van der Waals surface area contributed by atoms with Gasteiger partial charge >= 0.3 is 29.6 Å². The molecule has 0 bridgehead atoms. The monoisotopic (exact) mass is 369 g/mol. The molecule has 0 saturated heterocycles. The van der Waals surface area contributed by atoms with E-state index in [1.165, 1.54) is 11.8 Å². The molecule has 114 valence electrons. The van der Waals surface area contributed by atoms with E-state index in [9.17, 15) is 13.2 Å². The first-order valence-electron chi connectivity index (χ1n) is 5.82. The summed E-state index contributed by atoms with van der Waals surface area (Å²) in [6, 6.07) is 0. The van der Waals surface area contributed by atoms with Crippen molar-refractivity contribution in [3.05, 3.63) is 0 Å². The van der Waals surface area contributed by atoms with Gasteiger partial charge < -0.3 is 6.74 Å². The largest absolute Gasteiger partial charge is 1.00 e. The third-order valence-electron chi connectivity index (χ3n) is 2.02. The molecule has 1 unspecified atom stereocenters. The van der Waals surface area contributed by atoms with E-state index in [4.69, 9.17) is 16.8 Å². The predicted molar refractivity (Wildman–Crippen MR) is 87.6 cm³/mol. The molecule has 0 aliphatic carbocycles. The van der Waals surface area contributed by atoms with Crippen LogP contribution in [0.1, 0.15) is 28.1 Å². The van der Waals surface area contributed by atoms with Crippen LogP contribution in [0.15, 0.2) is 0 Å². The van der Waals surface area contributed by atoms with Crippen molar-refractivity contribution < 1.29 is 48.7 Å².